The van der Waals surface area contributed by atoms with E-state index in [0.717, 1.165) is 5.57 Å². The highest BCUT2D eigenvalue weighted by atomic mass is 15.1. The van der Waals surface area contributed by atoms with Crippen molar-refractivity contribution in [2.75, 3.05) is 0 Å². The summed E-state index contributed by atoms with van der Waals surface area (Å²) in [6, 6.07) is 0. The van der Waals surface area contributed by atoms with Crippen molar-refractivity contribution in [3.63, 3.8) is 0 Å². The minimum absolute atomic E-state index is 0.713. The van der Waals surface area contributed by atoms with Gasteiger partial charge in [-0.3, -0.25) is 0 Å². The number of hydrazone groups is 1. The van der Waals surface area contributed by atoms with Crippen LogP contribution in [0.15, 0.2) is 41.2 Å². The van der Waals surface area contributed by atoms with Gasteiger partial charge in [-0.1, -0.05) is 18.2 Å². The third kappa shape index (κ3) is 1.07. The van der Waals surface area contributed by atoms with Crippen molar-refractivity contribution in [2.45, 2.75) is 0 Å². The topological polar surface area (TPSA) is 64.4 Å². The number of nitrogens with two attached hydrogens (primary N) is 2. The second kappa shape index (κ2) is 2.87. The summed E-state index contributed by atoms with van der Waals surface area (Å²) in [7, 11) is 0. The van der Waals surface area contributed by atoms with Gasteiger partial charge >= 0.3 is 0 Å². The van der Waals surface area contributed by atoms with Gasteiger partial charge in [0, 0.05) is 11.8 Å². The van der Waals surface area contributed by atoms with E-state index in [1.165, 1.54) is 6.20 Å². The normalized spacial score (nSPS) is 24.4. The standard InChI is InChI=1S/C7H9N3/c8-5-6-3-1-2-4-7(6)10-9/h1-5H,8-9H2/b6-5-,10-7-. The third-order valence-electron chi connectivity index (χ3n) is 1.26. The van der Waals surface area contributed by atoms with Gasteiger partial charge in [0.1, 0.15) is 0 Å². The van der Waals surface area contributed by atoms with E-state index in [-0.39, 0.29) is 0 Å². The summed E-state index contributed by atoms with van der Waals surface area (Å²) in [4.78, 5) is 0. The Morgan fingerprint density at radius 1 is 1.30 bits per heavy atom. The van der Waals surface area contributed by atoms with E-state index in [2.05, 4.69) is 5.10 Å². The maximum atomic E-state index is 5.29. The minimum Gasteiger partial charge on any atom is -0.404 e. The van der Waals surface area contributed by atoms with E-state index in [4.69, 9.17) is 11.6 Å². The lowest BCUT2D eigenvalue weighted by molar-refractivity contribution is 1.24. The molecule has 0 bridgehead atoms. The Morgan fingerprint density at radius 3 is 2.50 bits per heavy atom. The average molecular weight is 135 g/mol. The van der Waals surface area contributed by atoms with E-state index >= 15 is 0 Å². The Morgan fingerprint density at radius 2 is 2.00 bits per heavy atom. The Hall–Kier alpha value is -1.51. The summed E-state index contributed by atoms with van der Waals surface area (Å²) in [6.07, 6.45) is 8.88. The molecular weight excluding hydrogens is 126 g/mol. The van der Waals surface area contributed by atoms with Gasteiger partial charge in [-0.15, -0.1) is 0 Å². The van der Waals surface area contributed by atoms with Crippen LogP contribution in [-0.4, -0.2) is 5.71 Å². The van der Waals surface area contributed by atoms with Crippen molar-refractivity contribution < 1.29 is 0 Å². The van der Waals surface area contributed by atoms with Crippen LogP contribution in [-0.2, 0) is 0 Å². The first kappa shape index (κ1) is 6.61. The highest BCUT2D eigenvalue weighted by Gasteiger charge is 2.00. The van der Waals surface area contributed by atoms with Gasteiger partial charge in [-0.2, -0.15) is 5.10 Å². The van der Waals surface area contributed by atoms with Gasteiger partial charge in [-0.05, 0) is 6.08 Å². The SMILES string of the molecule is N/C=C1/C=CC=C/C1=N/N. The molecule has 1 rings (SSSR count). The van der Waals surface area contributed by atoms with Gasteiger partial charge in [0.15, 0.2) is 0 Å². The lowest BCUT2D eigenvalue weighted by atomic mass is 10.1. The van der Waals surface area contributed by atoms with Crippen molar-refractivity contribution in [3.05, 3.63) is 36.1 Å². The Balaban J connectivity index is 2.96. The fraction of sp³-hybridized carbons (Fsp3) is 0. The fourth-order valence-corrected chi connectivity index (χ4v) is 0.746. The number of rotatable bonds is 0. The zero-order valence-corrected chi connectivity index (χ0v) is 5.49. The van der Waals surface area contributed by atoms with E-state index in [1.54, 1.807) is 6.08 Å². The zero-order valence-electron chi connectivity index (χ0n) is 5.49. The molecule has 0 saturated heterocycles. The minimum atomic E-state index is 0.713. The van der Waals surface area contributed by atoms with Crippen LogP contribution in [0, 0.1) is 0 Å². The zero-order chi connectivity index (χ0) is 7.40. The third-order valence-corrected chi connectivity index (χ3v) is 1.26. The predicted octanol–water partition coefficient (Wildman–Crippen LogP) is 0.270. The first-order valence-electron chi connectivity index (χ1n) is 2.93. The molecule has 0 unspecified atom stereocenters. The second-order valence-electron chi connectivity index (χ2n) is 1.85. The highest BCUT2D eigenvalue weighted by Crippen LogP contribution is 2.05. The van der Waals surface area contributed by atoms with Crippen molar-refractivity contribution in [1.82, 2.24) is 0 Å². The maximum Gasteiger partial charge on any atom is 0.0913 e. The van der Waals surface area contributed by atoms with Gasteiger partial charge in [0.05, 0.1) is 5.71 Å². The van der Waals surface area contributed by atoms with Crippen molar-refractivity contribution >= 4 is 5.71 Å². The largest absolute Gasteiger partial charge is 0.404 e. The van der Waals surface area contributed by atoms with Crippen molar-refractivity contribution in [1.29, 1.82) is 0 Å². The molecule has 3 nitrogen and oxygen atoms in total. The van der Waals surface area contributed by atoms with E-state index < -0.39 is 0 Å². The molecule has 0 spiro atoms. The summed E-state index contributed by atoms with van der Waals surface area (Å²) in [5.74, 6) is 5.08. The maximum absolute atomic E-state index is 5.29. The molecule has 0 aliphatic heterocycles. The summed E-state index contributed by atoms with van der Waals surface area (Å²) in [6.45, 7) is 0. The van der Waals surface area contributed by atoms with Crippen LogP contribution in [0.25, 0.3) is 0 Å². The molecule has 10 heavy (non-hydrogen) atoms. The molecule has 0 heterocycles. The molecule has 1 aliphatic carbocycles. The van der Waals surface area contributed by atoms with E-state index in [1.807, 2.05) is 18.2 Å². The number of allylic oxidation sites excluding steroid dienone is 5. The predicted molar refractivity (Wildman–Crippen MR) is 42.2 cm³/mol. The molecule has 0 fully saturated rings. The van der Waals surface area contributed by atoms with Crippen LogP contribution in [0.4, 0.5) is 0 Å². The molecule has 0 amide bonds. The monoisotopic (exact) mass is 135 g/mol. The summed E-state index contributed by atoms with van der Waals surface area (Å²) < 4.78 is 0. The van der Waals surface area contributed by atoms with E-state index in [9.17, 15) is 0 Å². The second-order valence-corrected chi connectivity index (χ2v) is 1.85. The van der Waals surface area contributed by atoms with Gasteiger partial charge < -0.3 is 11.6 Å². The lowest BCUT2D eigenvalue weighted by Crippen LogP contribution is -2.04. The molecule has 52 valence electrons. The lowest BCUT2D eigenvalue weighted by Gasteiger charge is -2.01. The molecule has 1 aliphatic rings. The average Bonchev–Trinajstić information content (AvgIpc) is 2.04. The first-order valence-corrected chi connectivity index (χ1v) is 2.93. The number of hydrogen-bond donors (Lipinski definition) is 2. The molecule has 4 N–H and O–H groups in total. The van der Waals surface area contributed by atoms with Crippen molar-refractivity contribution in [2.24, 2.45) is 16.7 Å². The Labute approximate surface area is 59.4 Å². The number of hydrogen-bond acceptors (Lipinski definition) is 3. The van der Waals surface area contributed by atoms with Crippen molar-refractivity contribution in [3.8, 4) is 0 Å². The van der Waals surface area contributed by atoms with Crippen LogP contribution in [0.3, 0.4) is 0 Å². The van der Waals surface area contributed by atoms with Crippen LogP contribution >= 0.6 is 0 Å². The summed E-state index contributed by atoms with van der Waals surface area (Å²) >= 11 is 0. The van der Waals surface area contributed by atoms with Gasteiger partial charge in [-0.25, -0.2) is 0 Å². The Kier molecular flexibility index (Phi) is 1.89. The highest BCUT2D eigenvalue weighted by molar-refractivity contribution is 6.11. The molecular formula is C7H9N3. The molecule has 0 aromatic rings. The molecule has 3 heteroatoms. The molecule has 0 aromatic carbocycles. The summed E-state index contributed by atoms with van der Waals surface area (Å²) in [5.41, 5.74) is 6.85. The van der Waals surface area contributed by atoms with Gasteiger partial charge in [0.2, 0.25) is 0 Å². The van der Waals surface area contributed by atoms with Crippen LogP contribution < -0.4 is 11.6 Å². The van der Waals surface area contributed by atoms with Gasteiger partial charge in [0.25, 0.3) is 0 Å². The molecule has 0 saturated carbocycles. The Bertz CT molecular complexity index is 207. The smallest absolute Gasteiger partial charge is 0.0913 e. The molecule has 0 aromatic heterocycles. The van der Waals surface area contributed by atoms with Crippen LogP contribution in [0.1, 0.15) is 0 Å². The summed E-state index contributed by atoms with van der Waals surface area (Å²) in [5, 5.41) is 3.53. The fourth-order valence-electron chi connectivity index (χ4n) is 0.746. The first-order chi connectivity index (χ1) is 4.88. The van der Waals surface area contributed by atoms with Crippen LogP contribution in [0.2, 0.25) is 0 Å². The molecule has 0 atom stereocenters. The number of nitrogens with zero attached hydrogens (tertiary/aromatic N) is 1. The van der Waals surface area contributed by atoms with Crippen LogP contribution in [0.5, 0.6) is 0 Å². The molecule has 0 radical (unpaired) electrons. The quantitative estimate of drug-likeness (QED) is 0.370. The van der Waals surface area contributed by atoms with E-state index in [0.29, 0.717) is 5.71 Å².